The molecule has 0 saturated heterocycles. The molecule has 1 heterocycles. The van der Waals surface area contributed by atoms with Gasteiger partial charge in [-0.05, 0) is 56.4 Å². The molecule has 0 fully saturated rings. The molecule has 6 heteroatoms. The number of nitrogens with one attached hydrogen (secondary N) is 2. The summed E-state index contributed by atoms with van der Waals surface area (Å²) < 4.78 is 5.72. The van der Waals surface area contributed by atoms with E-state index in [1.807, 2.05) is 51.4 Å². The van der Waals surface area contributed by atoms with E-state index < -0.39 is 0 Å². The van der Waals surface area contributed by atoms with E-state index in [4.69, 9.17) is 4.74 Å². The molecule has 2 amide bonds. The smallest absolute Gasteiger partial charge is 0.317 e. The minimum Gasteiger partial charge on any atom is -0.491 e. The van der Waals surface area contributed by atoms with Crippen molar-refractivity contribution in [1.29, 1.82) is 0 Å². The van der Waals surface area contributed by atoms with Crippen LogP contribution in [0.25, 0.3) is 0 Å². The molecule has 2 N–H and O–H groups in total. The van der Waals surface area contributed by atoms with Crippen LogP contribution in [-0.2, 0) is 19.4 Å². The number of nitrogens with zero attached hydrogens (tertiary/aromatic N) is 2. The number of aryl methyl sites for hydroxylation is 1. The van der Waals surface area contributed by atoms with E-state index in [0.29, 0.717) is 6.54 Å². The number of ether oxygens (including phenoxy) is 1. The Kier molecular flexibility index (Phi) is 5.26. The van der Waals surface area contributed by atoms with Crippen molar-refractivity contribution in [2.45, 2.75) is 51.8 Å². The highest BCUT2D eigenvalue weighted by atomic mass is 16.5. The van der Waals surface area contributed by atoms with Crippen LogP contribution in [0.15, 0.2) is 30.5 Å². The molecule has 0 radical (unpaired) electrons. The number of amides is 2. The lowest BCUT2D eigenvalue weighted by molar-refractivity contribution is 0.201. The molecule has 6 nitrogen and oxygen atoms in total. The van der Waals surface area contributed by atoms with Crippen molar-refractivity contribution in [3.8, 4) is 5.75 Å². The van der Waals surface area contributed by atoms with E-state index >= 15 is 0 Å². The number of carbonyl (C=O) groups excluding carboxylic acids is 1. The van der Waals surface area contributed by atoms with Crippen LogP contribution in [0.3, 0.4) is 0 Å². The van der Waals surface area contributed by atoms with Gasteiger partial charge in [0.05, 0.1) is 12.3 Å². The van der Waals surface area contributed by atoms with Gasteiger partial charge in [0.2, 0.25) is 0 Å². The molecule has 2 aromatic rings. The summed E-state index contributed by atoms with van der Waals surface area (Å²) in [5, 5.41) is 10.2. The summed E-state index contributed by atoms with van der Waals surface area (Å²) in [6.45, 7) is 4.55. The summed E-state index contributed by atoms with van der Waals surface area (Å²) in [5.41, 5.74) is 3.45. The number of rotatable bonds is 5. The summed E-state index contributed by atoms with van der Waals surface area (Å²) in [6.07, 6.45) is 4.70. The summed E-state index contributed by atoms with van der Waals surface area (Å²) in [5.74, 6) is 0.834. The molecule has 1 aromatic carbocycles. The number of carbonyl (C=O) groups is 1. The Hall–Kier alpha value is -2.50. The maximum absolute atomic E-state index is 12.5. The fourth-order valence-electron chi connectivity index (χ4n) is 3.16. The van der Waals surface area contributed by atoms with E-state index in [2.05, 4.69) is 15.5 Å². The number of fused-ring (bicyclic) bond motifs is 1. The van der Waals surface area contributed by atoms with E-state index in [9.17, 15) is 4.79 Å². The standard InChI is InChI=1S/C19H26N4O2/c1-13(2)25-17-6-4-5-14(9-17)12-23(3)19(24)21-16-7-8-18-15(10-16)11-20-22-18/h4-6,9,11,13,16H,7-8,10,12H2,1-3H3,(H,20,22)(H,21,24). The minimum atomic E-state index is -0.0490. The predicted octanol–water partition coefficient (Wildman–Crippen LogP) is 2.90. The van der Waals surface area contributed by atoms with Crippen LogP contribution in [0, 0.1) is 0 Å². The third-order valence-electron chi connectivity index (χ3n) is 4.38. The molecule has 0 bridgehead atoms. The van der Waals surface area contributed by atoms with Crippen molar-refractivity contribution in [3.63, 3.8) is 0 Å². The molecule has 3 rings (SSSR count). The highest BCUT2D eigenvalue weighted by molar-refractivity contribution is 5.74. The van der Waals surface area contributed by atoms with Gasteiger partial charge in [-0.25, -0.2) is 4.79 Å². The number of urea groups is 1. The van der Waals surface area contributed by atoms with Gasteiger partial charge in [0.1, 0.15) is 5.75 Å². The molecular weight excluding hydrogens is 316 g/mol. The van der Waals surface area contributed by atoms with Crippen LogP contribution in [0.2, 0.25) is 0 Å². The lowest BCUT2D eigenvalue weighted by Crippen LogP contribution is -2.44. The second-order valence-electron chi connectivity index (χ2n) is 6.93. The molecule has 1 atom stereocenters. The number of hydrogen-bond acceptors (Lipinski definition) is 3. The molecule has 0 aliphatic heterocycles. The van der Waals surface area contributed by atoms with Crippen LogP contribution in [0.4, 0.5) is 4.79 Å². The van der Waals surface area contributed by atoms with Crippen LogP contribution in [0.5, 0.6) is 5.75 Å². The van der Waals surface area contributed by atoms with Crippen LogP contribution >= 0.6 is 0 Å². The van der Waals surface area contributed by atoms with Crippen molar-refractivity contribution in [3.05, 3.63) is 47.3 Å². The van der Waals surface area contributed by atoms with Gasteiger partial charge >= 0.3 is 6.03 Å². The molecule has 0 saturated carbocycles. The summed E-state index contributed by atoms with van der Waals surface area (Å²) in [7, 11) is 1.82. The normalized spacial score (nSPS) is 16.4. The van der Waals surface area contributed by atoms with Gasteiger partial charge in [-0.3, -0.25) is 5.10 Å². The van der Waals surface area contributed by atoms with Gasteiger partial charge in [0, 0.05) is 25.3 Å². The summed E-state index contributed by atoms with van der Waals surface area (Å²) >= 11 is 0. The average Bonchev–Trinajstić information content (AvgIpc) is 3.02. The Labute approximate surface area is 148 Å². The van der Waals surface area contributed by atoms with Gasteiger partial charge < -0.3 is 15.0 Å². The Bertz CT molecular complexity index is 726. The zero-order valence-electron chi connectivity index (χ0n) is 15.1. The van der Waals surface area contributed by atoms with Crippen molar-refractivity contribution < 1.29 is 9.53 Å². The third kappa shape index (κ3) is 4.53. The molecule has 1 aliphatic rings. The topological polar surface area (TPSA) is 70.2 Å². The fourth-order valence-corrected chi connectivity index (χ4v) is 3.16. The van der Waals surface area contributed by atoms with Gasteiger partial charge in [0.25, 0.3) is 0 Å². The second-order valence-corrected chi connectivity index (χ2v) is 6.93. The molecule has 1 aliphatic carbocycles. The predicted molar refractivity (Wildman–Crippen MR) is 96.6 cm³/mol. The van der Waals surface area contributed by atoms with Crippen molar-refractivity contribution in [2.24, 2.45) is 0 Å². The van der Waals surface area contributed by atoms with E-state index in [1.54, 1.807) is 4.90 Å². The van der Waals surface area contributed by atoms with Crippen LogP contribution < -0.4 is 10.1 Å². The summed E-state index contributed by atoms with van der Waals surface area (Å²) in [4.78, 5) is 14.2. The second kappa shape index (κ2) is 7.59. The van der Waals surface area contributed by atoms with Crippen molar-refractivity contribution in [2.75, 3.05) is 7.05 Å². The largest absolute Gasteiger partial charge is 0.491 e. The first-order valence-corrected chi connectivity index (χ1v) is 8.79. The van der Waals surface area contributed by atoms with Crippen LogP contribution in [0.1, 0.15) is 37.1 Å². The number of H-pyrrole nitrogens is 1. The molecular formula is C19H26N4O2. The molecule has 25 heavy (non-hydrogen) atoms. The Morgan fingerprint density at radius 1 is 1.48 bits per heavy atom. The number of benzene rings is 1. The zero-order valence-corrected chi connectivity index (χ0v) is 15.1. The van der Waals surface area contributed by atoms with E-state index in [0.717, 1.165) is 30.6 Å². The Morgan fingerprint density at radius 2 is 2.32 bits per heavy atom. The highest BCUT2D eigenvalue weighted by Crippen LogP contribution is 2.19. The fraction of sp³-hybridized carbons (Fsp3) is 0.474. The first-order chi connectivity index (χ1) is 12.0. The first kappa shape index (κ1) is 17.3. The van der Waals surface area contributed by atoms with Gasteiger partial charge in [-0.2, -0.15) is 5.10 Å². The zero-order chi connectivity index (χ0) is 17.8. The molecule has 0 spiro atoms. The molecule has 1 unspecified atom stereocenters. The quantitative estimate of drug-likeness (QED) is 0.878. The van der Waals surface area contributed by atoms with Gasteiger partial charge in [-0.1, -0.05) is 12.1 Å². The van der Waals surface area contributed by atoms with Gasteiger partial charge in [0.15, 0.2) is 0 Å². The Morgan fingerprint density at radius 3 is 3.12 bits per heavy atom. The Balaban J connectivity index is 1.54. The molecule has 1 aromatic heterocycles. The first-order valence-electron chi connectivity index (χ1n) is 8.79. The monoisotopic (exact) mass is 342 g/mol. The van der Waals surface area contributed by atoms with Crippen LogP contribution in [-0.4, -0.2) is 40.3 Å². The van der Waals surface area contributed by atoms with E-state index in [-0.39, 0.29) is 18.2 Å². The highest BCUT2D eigenvalue weighted by Gasteiger charge is 2.22. The maximum Gasteiger partial charge on any atom is 0.317 e. The SMILES string of the molecule is CC(C)Oc1cccc(CN(C)C(=O)NC2CCc3[nH]ncc3C2)c1. The lowest BCUT2D eigenvalue weighted by Gasteiger charge is -2.26. The van der Waals surface area contributed by atoms with Crippen molar-refractivity contribution in [1.82, 2.24) is 20.4 Å². The number of aromatic nitrogens is 2. The lowest BCUT2D eigenvalue weighted by atomic mass is 9.94. The minimum absolute atomic E-state index is 0.0490. The van der Waals surface area contributed by atoms with E-state index in [1.165, 1.54) is 11.3 Å². The average molecular weight is 342 g/mol. The summed E-state index contributed by atoms with van der Waals surface area (Å²) in [6, 6.07) is 8.01. The van der Waals surface area contributed by atoms with Gasteiger partial charge in [-0.15, -0.1) is 0 Å². The maximum atomic E-state index is 12.5. The van der Waals surface area contributed by atoms with Crippen molar-refractivity contribution >= 4 is 6.03 Å². The molecule has 134 valence electrons. The third-order valence-corrected chi connectivity index (χ3v) is 4.38. The number of aromatic amines is 1. The number of hydrogen-bond donors (Lipinski definition) is 2.